The Morgan fingerprint density at radius 2 is 1.95 bits per heavy atom. The molecular formula is C14H11ClF3NO2. The van der Waals surface area contributed by atoms with Crippen molar-refractivity contribution in [2.45, 2.75) is 12.8 Å². The lowest BCUT2D eigenvalue weighted by atomic mass is 10.2. The number of hydrogen-bond acceptors (Lipinski definition) is 3. The van der Waals surface area contributed by atoms with Crippen LogP contribution >= 0.6 is 11.6 Å². The average Bonchev–Trinajstić information content (AvgIpc) is 2.44. The van der Waals surface area contributed by atoms with Gasteiger partial charge in [-0.05, 0) is 23.8 Å². The van der Waals surface area contributed by atoms with Gasteiger partial charge in [-0.2, -0.15) is 13.2 Å². The van der Waals surface area contributed by atoms with Gasteiger partial charge in [-0.1, -0.05) is 23.7 Å². The number of ether oxygens (including phenoxy) is 2. The Hall–Kier alpha value is -1.95. The summed E-state index contributed by atoms with van der Waals surface area (Å²) in [5, 5.41) is -0.273. The van der Waals surface area contributed by atoms with Gasteiger partial charge in [-0.15, -0.1) is 0 Å². The van der Waals surface area contributed by atoms with Crippen molar-refractivity contribution >= 4 is 11.6 Å². The van der Waals surface area contributed by atoms with Gasteiger partial charge in [0.1, 0.15) is 17.5 Å². The average molecular weight is 318 g/mol. The molecule has 0 radical (unpaired) electrons. The molecule has 1 heterocycles. The summed E-state index contributed by atoms with van der Waals surface area (Å²) in [4.78, 5) is 3.72. The third-order valence-corrected chi connectivity index (χ3v) is 2.81. The standard InChI is InChI=1S/C14H11ClF3NO2/c1-20-11-4-2-3-9(5-11)8-21-13-7-10(14(16,17)18)6-12(15)19-13/h2-7H,8H2,1H3. The molecule has 2 rings (SSSR count). The maximum Gasteiger partial charge on any atom is 0.416 e. The van der Waals surface area contributed by atoms with Crippen molar-refractivity contribution in [3.8, 4) is 11.6 Å². The van der Waals surface area contributed by atoms with E-state index in [1.807, 2.05) is 0 Å². The number of hydrogen-bond donors (Lipinski definition) is 0. The molecule has 7 heteroatoms. The molecule has 0 fully saturated rings. The monoisotopic (exact) mass is 317 g/mol. The molecule has 0 bridgehead atoms. The van der Waals surface area contributed by atoms with Gasteiger partial charge in [0.25, 0.3) is 0 Å². The van der Waals surface area contributed by atoms with Crippen molar-refractivity contribution in [1.29, 1.82) is 0 Å². The molecule has 0 aliphatic carbocycles. The summed E-state index contributed by atoms with van der Waals surface area (Å²) in [6.07, 6.45) is -4.50. The number of alkyl halides is 3. The highest BCUT2D eigenvalue weighted by Gasteiger charge is 2.31. The van der Waals surface area contributed by atoms with Gasteiger partial charge in [0.15, 0.2) is 0 Å². The molecule has 0 aliphatic rings. The third-order valence-electron chi connectivity index (χ3n) is 2.62. The van der Waals surface area contributed by atoms with Crippen molar-refractivity contribution in [2.24, 2.45) is 0 Å². The topological polar surface area (TPSA) is 31.4 Å². The molecule has 1 aromatic carbocycles. The van der Waals surface area contributed by atoms with E-state index in [1.165, 1.54) is 7.11 Å². The fourth-order valence-electron chi connectivity index (χ4n) is 1.63. The number of halogens is 4. The van der Waals surface area contributed by atoms with Gasteiger partial charge in [-0.25, -0.2) is 4.98 Å². The number of methoxy groups -OCH3 is 1. The Morgan fingerprint density at radius 3 is 2.62 bits per heavy atom. The van der Waals surface area contributed by atoms with Gasteiger partial charge in [0.2, 0.25) is 5.88 Å². The highest BCUT2D eigenvalue weighted by molar-refractivity contribution is 6.29. The molecule has 0 aliphatic heterocycles. The Morgan fingerprint density at radius 1 is 1.19 bits per heavy atom. The van der Waals surface area contributed by atoms with E-state index in [-0.39, 0.29) is 17.6 Å². The highest BCUT2D eigenvalue weighted by atomic mass is 35.5. The quantitative estimate of drug-likeness (QED) is 0.786. The van der Waals surface area contributed by atoms with Gasteiger partial charge in [-0.3, -0.25) is 0 Å². The van der Waals surface area contributed by atoms with Crippen molar-refractivity contribution in [3.63, 3.8) is 0 Å². The van der Waals surface area contributed by atoms with Crippen LogP contribution < -0.4 is 9.47 Å². The predicted molar refractivity (Wildman–Crippen MR) is 71.6 cm³/mol. The number of aromatic nitrogens is 1. The normalized spacial score (nSPS) is 11.3. The van der Waals surface area contributed by atoms with Gasteiger partial charge in [0, 0.05) is 6.07 Å². The first-order valence-corrected chi connectivity index (χ1v) is 6.27. The molecule has 2 aromatic rings. The Bertz CT molecular complexity index is 632. The van der Waals surface area contributed by atoms with Crippen molar-refractivity contribution in [2.75, 3.05) is 7.11 Å². The van der Waals surface area contributed by atoms with Crippen LogP contribution in [0.3, 0.4) is 0 Å². The van der Waals surface area contributed by atoms with E-state index in [4.69, 9.17) is 21.1 Å². The Balaban J connectivity index is 2.14. The first kappa shape index (κ1) is 15.4. The molecule has 0 N–H and O–H groups in total. The Kier molecular flexibility index (Phi) is 4.57. The maximum absolute atomic E-state index is 12.7. The second kappa shape index (κ2) is 6.22. The summed E-state index contributed by atoms with van der Waals surface area (Å²) in [5.74, 6) is 0.448. The van der Waals surface area contributed by atoms with E-state index < -0.39 is 11.7 Å². The summed E-state index contributed by atoms with van der Waals surface area (Å²) in [6, 6.07) is 8.55. The second-order valence-corrected chi connectivity index (χ2v) is 4.54. The minimum atomic E-state index is -4.50. The molecule has 0 saturated heterocycles. The van der Waals surface area contributed by atoms with E-state index in [0.29, 0.717) is 5.75 Å². The van der Waals surface area contributed by atoms with Crippen LogP contribution in [0.5, 0.6) is 11.6 Å². The lowest BCUT2D eigenvalue weighted by Gasteiger charge is -2.10. The number of pyridine rings is 1. The molecule has 0 unspecified atom stereocenters. The molecule has 0 atom stereocenters. The smallest absolute Gasteiger partial charge is 0.416 e. The second-order valence-electron chi connectivity index (χ2n) is 4.15. The van der Waals surface area contributed by atoms with Crippen molar-refractivity contribution < 1.29 is 22.6 Å². The highest BCUT2D eigenvalue weighted by Crippen LogP contribution is 2.32. The van der Waals surface area contributed by atoms with E-state index >= 15 is 0 Å². The molecule has 21 heavy (non-hydrogen) atoms. The number of nitrogens with zero attached hydrogens (tertiary/aromatic N) is 1. The minimum absolute atomic E-state index is 0.0574. The van der Waals surface area contributed by atoms with E-state index in [9.17, 15) is 13.2 Å². The first-order chi connectivity index (χ1) is 9.88. The number of rotatable bonds is 4. The van der Waals surface area contributed by atoms with Crippen LogP contribution in [-0.2, 0) is 12.8 Å². The summed E-state index contributed by atoms with van der Waals surface area (Å²) >= 11 is 5.57. The predicted octanol–water partition coefficient (Wildman–Crippen LogP) is 4.34. The molecule has 3 nitrogen and oxygen atoms in total. The zero-order chi connectivity index (χ0) is 15.5. The van der Waals surface area contributed by atoms with E-state index in [2.05, 4.69) is 4.98 Å². The summed E-state index contributed by atoms with van der Waals surface area (Å²) < 4.78 is 48.3. The molecule has 0 amide bonds. The van der Waals surface area contributed by atoms with Crippen LogP contribution in [0, 0.1) is 0 Å². The minimum Gasteiger partial charge on any atom is -0.497 e. The van der Waals surface area contributed by atoms with Crippen LogP contribution in [0.4, 0.5) is 13.2 Å². The molecule has 112 valence electrons. The van der Waals surface area contributed by atoms with Gasteiger partial charge in [0.05, 0.1) is 12.7 Å². The fourth-order valence-corrected chi connectivity index (χ4v) is 1.83. The van der Waals surface area contributed by atoms with Crippen molar-refractivity contribution in [3.05, 3.63) is 52.7 Å². The largest absolute Gasteiger partial charge is 0.497 e. The molecule has 0 saturated carbocycles. The summed E-state index contributed by atoms with van der Waals surface area (Å²) in [5.41, 5.74) is -0.159. The zero-order valence-corrected chi connectivity index (χ0v) is 11.7. The van der Waals surface area contributed by atoms with Crippen LogP contribution in [0.2, 0.25) is 5.15 Å². The zero-order valence-electron chi connectivity index (χ0n) is 10.9. The SMILES string of the molecule is COc1cccc(COc2cc(C(F)(F)F)cc(Cl)n2)c1. The maximum atomic E-state index is 12.7. The van der Waals surface area contributed by atoms with Crippen LogP contribution in [0.15, 0.2) is 36.4 Å². The van der Waals surface area contributed by atoms with Crippen LogP contribution in [0.25, 0.3) is 0 Å². The molecule has 1 aromatic heterocycles. The summed E-state index contributed by atoms with van der Waals surface area (Å²) in [7, 11) is 1.52. The van der Waals surface area contributed by atoms with Crippen LogP contribution in [-0.4, -0.2) is 12.1 Å². The van der Waals surface area contributed by atoms with Crippen molar-refractivity contribution in [1.82, 2.24) is 4.98 Å². The Labute approximate surface area is 124 Å². The van der Waals surface area contributed by atoms with E-state index in [0.717, 1.165) is 17.7 Å². The molecular weight excluding hydrogens is 307 g/mol. The lowest BCUT2D eigenvalue weighted by molar-refractivity contribution is -0.137. The molecule has 0 spiro atoms. The van der Waals surface area contributed by atoms with Gasteiger partial charge >= 0.3 is 6.18 Å². The third kappa shape index (κ3) is 4.26. The summed E-state index contributed by atoms with van der Waals surface area (Å²) in [6.45, 7) is 0.0574. The first-order valence-electron chi connectivity index (χ1n) is 5.89. The van der Waals surface area contributed by atoms with Crippen LogP contribution in [0.1, 0.15) is 11.1 Å². The van der Waals surface area contributed by atoms with Gasteiger partial charge < -0.3 is 9.47 Å². The van der Waals surface area contributed by atoms with E-state index in [1.54, 1.807) is 24.3 Å². The number of benzene rings is 1. The fraction of sp³-hybridized carbons (Fsp3) is 0.214. The lowest BCUT2D eigenvalue weighted by Crippen LogP contribution is -2.07.